The molecule has 0 saturated carbocycles. The van der Waals surface area contributed by atoms with Gasteiger partial charge >= 0.3 is 0 Å². The highest BCUT2D eigenvalue weighted by Crippen LogP contribution is 2.19. The number of rotatable bonds is 7. The number of piperidine rings is 1. The summed E-state index contributed by atoms with van der Waals surface area (Å²) in [6.07, 6.45) is 3.31. The van der Waals surface area contributed by atoms with Crippen molar-refractivity contribution in [3.8, 4) is 0 Å². The van der Waals surface area contributed by atoms with Crippen molar-refractivity contribution in [2.75, 3.05) is 26.2 Å². The number of aryl methyl sites for hydroxylation is 1. The van der Waals surface area contributed by atoms with Crippen molar-refractivity contribution in [1.82, 2.24) is 9.21 Å². The Kier molecular flexibility index (Phi) is 7.02. The van der Waals surface area contributed by atoms with E-state index in [2.05, 4.69) is 6.92 Å². The van der Waals surface area contributed by atoms with Gasteiger partial charge in [0.25, 0.3) is 0 Å². The minimum Gasteiger partial charge on any atom is -0.343 e. The molecule has 0 spiro atoms. The monoisotopic (exact) mass is 366 g/mol. The van der Waals surface area contributed by atoms with Crippen LogP contribution >= 0.6 is 0 Å². The average Bonchev–Trinajstić information content (AvgIpc) is 2.61. The molecular formula is C19H30N2O3S. The SMILES string of the molecule is CCN(CC)S(=O)(=O)c1ccc(CCC(=O)N2CCC(C)CC2)cc1. The Morgan fingerprint density at radius 2 is 1.68 bits per heavy atom. The third-order valence-corrected chi connectivity index (χ3v) is 7.09. The number of carbonyl (C=O) groups excluding carboxylic acids is 1. The summed E-state index contributed by atoms with van der Waals surface area (Å²) in [6.45, 7) is 8.55. The second-order valence-electron chi connectivity index (χ2n) is 6.80. The number of carbonyl (C=O) groups is 1. The van der Waals surface area contributed by atoms with Crippen molar-refractivity contribution in [3.05, 3.63) is 29.8 Å². The summed E-state index contributed by atoms with van der Waals surface area (Å²) in [7, 11) is -3.41. The lowest BCUT2D eigenvalue weighted by atomic mass is 9.98. The van der Waals surface area contributed by atoms with E-state index in [1.807, 2.05) is 30.9 Å². The summed E-state index contributed by atoms with van der Waals surface area (Å²) < 4.78 is 26.4. The van der Waals surface area contributed by atoms with Crippen LogP contribution in [0.25, 0.3) is 0 Å². The molecule has 0 N–H and O–H groups in total. The lowest BCUT2D eigenvalue weighted by molar-refractivity contribution is -0.132. The van der Waals surface area contributed by atoms with E-state index in [-0.39, 0.29) is 5.91 Å². The van der Waals surface area contributed by atoms with Gasteiger partial charge in [0, 0.05) is 32.6 Å². The predicted molar refractivity (Wildman–Crippen MR) is 99.8 cm³/mol. The van der Waals surface area contributed by atoms with Gasteiger partial charge in [-0.3, -0.25) is 4.79 Å². The predicted octanol–water partition coefficient (Wildman–Crippen LogP) is 2.91. The van der Waals surface area contributed by atoms with Crippen LogP contribution in [0.2, 0.25) is 0 Å². The van der Waals surface area contributed by atoms with E-state index in [1.54, 1.807) is 12.1 Å². The Bertz CT molecular complexity index is 658. The van der Waals surface area contributed by atoms with Crippen molar-refractivity contribution in [2.24, 2.45) is 5.92 Å². The molecule has 0 aliphatic carbocycles. The van der Waals surface area contributed by atoms with Crippen LogP contribution in [-0.4, -0.2) is 49.7 Å². The largest absolute Gasteiger partial charge is 0.343 e. The van der Waals surface area contributed by atoms with Crippen molar-refractivity contribution in [1.29, 1.82) is 0 Å². The van der Waals surface area contributed by atoms with E-state index in [0.717, 1.165) is 31.5 Å². The molecule has 1 amide bonds. The van der Waals surface area contributed by atoms with E-state index >= 15 is 0 Å². The molecule has 0 unspecified atom stereocenters. The summed E-state index contributed by atoms with van der Waals surface area (Å²) in [5.41, 5.74) is 0.997. The highest BCUT2D eigenvalue weighted by atomic mass is 32.2. The van der Waals surface area contributed by atoms with Crippen LogP contribution in [0.1, 0.15) is 45.6 Å². The maximum absolute atomic E-state index is 12.5. The third-order valence-electron chi connectivity index (χ3n) is 5.03. The van der Waals surface area contributed by atoms with E-state index in [9.17, 15) is 13.2 Å². The highest BCUT2D eigenvalue weighted by molar-refractivity contribution is 7.89. The molecular weight excluding hydrogens is 336 g/mol. The lowest BCUT2D eigenvalue weighted by Gasteiger charge is -2.30. The first-order valence-electron chi connectivity index (χ1n) is 9.25. The average molecular weight is 367 g/mol. The molecule has 1 aromatic carbocycles. The van der Waals surface area contributed by atoms with E-state index < -0.39 is 10.0 Å². The van der Waals surface area contributed by atoms with Gasteiger partial charge in [0.05, 0.1) is 4.90 Å². The molecule has 0 bridgehead atoms. The molecule has 1 aromatic rings. The van der Waals surface area contributed by atoms with Gasteiger partial charge in [-0.2, -0.15) is 4.31 Å². The van der Waals surface area contributed by atoms with Crippen molar-refractivity contribution < 1.29 is 13.2 Å². The molecule has 2 rings (SSSR count). The summed E-state index contributed by atoms with van der Waals surface area (Å²) in [6, 6.07) is 6.94. The molecule has 1 saturated heterocycles. The number of likely N-dealkylation sites (tertiary alicyclic amines) is 1. The number of amides is 1. The Balaban J connectivity index is 1.93. The van der Waals surface area contributed by atoms with Crippen LogP contribution in [0.15, 0.2) is 29.2 Å². The molecule has 25 heavy (non-hydrogen) atoms. The maximum atomic E-state index is 12.5. The van der Waals surface area contributed by atoms with Crippen LogP contribution in [0.3, 0.4) is 0 Å². The number of nitrogens with zero attached hydrogens (tertiary/aromatic N) is 2. The smallest absolute Gasteiger partial charge is 0.243 e. The first kappa shape index (κ1) is 19.9. The molecule has 5 nitrogen and oxygen atoms in total. The normalized spacial score (nSPS) is 16.4. The second-order valence-corrected chi connectivity index (χ2v) is 8.73. The van der Waals surface area contributed by atoms with E-state index in [4.69, 9.17) is 0 Å². The molecule has 1 aliphatic rings. The minimum absolute atomic E-state index is 0.201. The van der Waals surface area contributed by atoms with E-state index in [0.29, 0.717) is 36.7 Å². The number of sulfonamides is 1. The Morgan fingerprint density at radius 3 is 2.20 bits per heavy atom. The Labute approximate surface area is 152 Å². The fourth-order valence-corrected chi connectivity index (χ4v) is 4.67. The minimum atomic E-state index is -3.41. The number of hydrogen-bond donors (Lipinski definition) is 0. The number of benzene rings is 1. The van der Waals surface area contributed by atoms with Gasteiger partial charge in [0.2, 0.25) is 15.9 Å². The zero-order valence-corrected chi connectivity index (χ0v) is 16.4. The van der Waals surface area contributed by atoms with Crippen molar-refractivity contribution >= 4 is 15.9 Å². The summed E-state index contributed by atoms with van der Waals surface area (Å²) in [5.74, 6) is 0.913. The molecule has 6 heteroatoms. The molecule has 0 radical (unpaired) electrons. The first-order chi connectivity index (χ1) is 11.9. The standard InChI is InChI=1S/C19H30N2O3S/c1-4-21(5-2)25(23,24)18-9-6-17(7-10-18)8-11-19(22)20-14-12-16(3)13-15-20/h6-7,9-10,16H,4-5,8,11-15H2,1-3H3. The topological polar surface area (TPSA) is 57.7 Å². The molecule has 1 heterocycles. The van der Waals surface area contributed by atoms with Gasteiger partial charge < -0.3 is 4.90 Å². The van der Waals surface area contributed by atoms with Crippen molar-refractivity contribution in [3.63, 3.8) is 0 Å². The van der Waals surface area contributed by atoms with Gasteiger partial charge in [0.15, 0.2) is 0 Å². The molecule has 0 atom stereocenters. The van der Waals surface area contributed by atoms with Gasteiger partial charge in [-0.1, -0.05) is 32.9 Å². The zero-order valence-electron chi connectivity index (χ0n) is 15.6. The molecule has 1 fully saturated rings. The summed E-state index contributed by atoms with van der Waals surface area (Å²) in [5, 5.41) is 0. The first-order valence-corrected chi connectivity index (χ1v) is 10.7. The van der Waals surface area contributed by atoms with Gasteiger partial charge in [-0.25, -0.2) is 8.42 Å². The number of hydrogen-bond acceptors (Lipinski definition) is 3. The third kappa shape index (κ3) is 5.05. The fraction of sp³-hybridized carbons (Fsp3) is 0.632. The van der Waals surface area contributed by atoms with Crippen LogP contribution in [0.4, 0.5) is 0 Å². The maximum Gasteiger partial charge on any atom is 0.243 e. The van der Waals surface area contributed by atoms with Gasteiger partial charge in [-0.05, 0) is 42.9 Å². The Hall–Kier alpha value is -1.40. The van der Waals surface area contributed by atoms with Crippen LogP contribution in [0, 0.1) is 5.92 Å². The second kappa shape index (κ2) is 8.81. The van der Waals surface area contributed by atoms with Gasteiger partial charge in [0.1, 0.15) is 0 Å². The van der Waals surface area contributed by atoms with E-state index in [1.165, 1.54) is 4.31 Å². The summed E-state index contributed by atoms with van der Waals surface area (Å²) >= 11 is 0. The van der Waals surface area contributed by atoms with Gasteiger partial charge in [-0.15, -0.1) is 0 Å². The van der Waals surface area contributed by atoms with Crippen LogP contribution < -0.4 is 0 Å². The lowest BCUT2D eigenvalue weighted by Crippen LogP contribution is -2.37. The quantitative estimate of drug-likeness (QED) is 0.745. The fourth-order valence-electron chi connectivity index (χ4n) is 3.21. The Morgan fingerprint density at radius 1 is 1.12 bits per heavy atom. The van der Waals surface area contributed by atoms with Crippen LogP contribution in [-0.2, 0) is 21.2 Å². The zero-order chi connectivity index (χ0) is 18.4. The molecule has 0 aromatic heterocycles. The van der Waals surface area contributed by atoms with Crippen molar-refractivity contribution in [2.45, 2.75) is 51.3 Å². The highest BCUT2D eigenvalue weighted by Gasteiger charge is 2.22. The summed E-state index contributed by atoms with van der Waals surface area (Å²) in [4.78, 5) is 14.6. The molecule has 1 aliphatic heterocycles. The van der Waals surface area contributed by atoms with Crippen LogP contribution in [0.5, 0.6) is 0 Å². The molecule has 140 valence electrons.